The molecule has 0 amide bonds. The van der Waals surface area contributed by atoms with Crippen LogP contribution >= 0.6 is 0 Å². The van der Waals surface area contributed by atoms with Crippen molar-refractivity contribution in [2.45, 2.75) is 19.3 Å². The van der Waals surface area contributed by atoms with Gasteiger partial charge in [0.25, 0.3) is 5.56 Å². The van der Waals surface area contributed by atoms with Gasteiger partial charge in [0.15, 0.2) is 0 Å². The number of hydrogen-bond donors (Lipinski definition) is 0. The fourth-order valence-electron chi connectivity index (χ4n) is 3.39. The van der Waals surface area contributed by atoms with E-state index in [4.69, 9.17) is 9.15 Å². The van der Waals surface area contributed by atoms with E-state index >= 15 is 0 Å². The van der Waals surface area contributed by atoms with Crippen molar-refractivity contribution in [3.63, 3.8) is 0 Å². The Morgan fingerprint density at radius 3 is 2.68 bits per heavy atom. The summed E-state index contributed by atoms with van der Waals surface area (Å²) in [5, 5.41) is 0.858. The van der Waals surface area contributed by atoms with Gasteiger partial charge in [-0.1, -0.05) is 18.2 Å². The minimum absolute atomic E-state index is 0.0750. The van der Waals surface area contributed by atoms with Crippen molar-refractivity contribution >= 4 is 16.9 Å². The number of fused-ring (bicyclic) bond motifs is 2. The highest BCUT2D eigenvalue weighted by molar-refractivity contribution is 5.81. The summed E-state index contributed by atoms with van der Waals surface area (Å²) in [6, 6.07) is 10.7. The Kier molecular flexibility index (Phi) is 3.35. The summed E-state index contributed by atoms with van der Waals surface area (Å²) in [6.45, 7) is 1.61. The van der Waals surface area contributed by atoms with Crippen molar-refractivity contribution in [2.75, 3.05) is 0 Å². The normalized spacial score (nSPS) is 16.6. The molecule has 0 bridgehead atoms. The topological polar surface area (TPSA) is 78.5 Å². The number of carbonyl (C=O) groups excluding carboxylic acids is 1. The minimum Gasteiger partial charge on any atom is -0.428 e. The Morgan fingerprint density at radius 1 is 1.12 bits per heavy atom. The van der Waals surface area contributed by atoms with Crippen LogP contribution < -0.4 is 15.9 Å². The van der Waals surface area contributed by atoms with Crippen LogP contribution in [-0.4, -0.2) is 10.5 Å². The van der Waals surface area contributed by atoms with Crippen molar-refractivity contribution in [3.8, 4) is 5.75 Å². The SMILES string of the molecule is Cc1cc2c(c(=O)o1)[C@@H](c1cc3ccccc3n(C)c1=O)CC(=O)O2. The molecule has 1 aliphatic rings. The number of pyridine rings is 1. The molecular formula is C19H15NO5. The van der Waals surface area contributed by atoms with Gasteiger partial charge >= 0.3 is 11.6 Å². The summed E-state index contributed by atoms with van der Waals surface area (Å²) in [6.07, 6.45) is -0.0750. The van der Waals surface area contributed by atoms with Gasteiger partial charge in [0.1, 0.15) is 11.5 Å². The van der Waals surface area contributed by atoms with Gasteiger partial charge in [-0.3, -0.25) is 9.59 Å². The average molecular weight is 337 g/mol. The molecular weight excluding hydrogens is 322 g/mol. The third-order valence-corrected chi connectivity index (χ3v) is 4.55. The lowest BCUT2D eigenvalue weighted by molar-refractivity contribution is -0.135. The molecule has 126 valence electrons. The van der Waals surface area contributed by atoms with Gasteiger partial charge in [-0.15, -0.1) is 0 Å². The smallest absolute Gasteiger partial charge is 0.343 e. The zero-order valence-electron chi connectivity index (χ0n) is 13.7. The molecule has 0 saturated heterocycles. The molecule has 3 heterocycles. The van der Waals surface area contributed by atoms with E-state index in [1.807, 2.05) is 24.3 Å². The van der Waals surface area contributed by atoms with E-state index in [0.29, 0.717) is 11.3 Å². The maximum atomic E-state index is 12.9. The Hall–Kier alpha value is -3.15. The predicted octanol–water partition coefficient (Wildman–Crippen LogP) is 2.24. The van der Waals surface area contributed by atoms with Crippen LogP contribution in [0.15, 0.2) is 50.4 Å². The molecule has 0 N–H and O–H groups in total. The van der Waals surface area contributed by atoms with E-state index in [1.54, 1.807) is 20.0 Å². The van der Waals surface area contributed by atoms with Crippen LogP contribution in [0.5, 0.6) is 5.75 Å². The van der Waals surface area contributed by atoms with Crippen LogP contribution in [0.4, 0.5) is 0 Å². The average Bonchev–Trinajstić information content (AvgIpc) is 2.56. The quantitative estimate of drug-likeness (QED) is 0.636. The van der Waals surface area contributed by atoms with Crippen molar-refractivity contribution < 1.29 is 13.9 Å². The number of nitrogens with zero attached hydrogens (tertiary/aromatic N) is 1. The molecule has 1 aromatic carbocycles. The van der Waals surface area contributed by atoms with Crippen molar-refractivity contribution in [2.24, 2.45) is 7.05 Å². The van der Waals surface area contributed by atoms with Crippen LogP contribution in [-0.2, 0) is 11.8 Å². The van der Waals surface area contributed by atoms with E-state index in [2.05, 4.69) is 0 Å². The molecule has 0 saturated carbocycles. The lowest BCUT2D eigenvalue weighted by Gasteiger charge is -2.23. The van der Waals surface area contributed by atoms with Crippen molar-refractivity contribution in [1.29, 1.82) is 0 Å². The van der Waals surface area contributed by atoms with Crippen LogP contribution in [0.2, 0.25) is 0 Å². The van der Waals surface area contributed by atoms with Gasteiger partial charge < -0.3 is 13.7 Å². The van der Waals surface area contributed by atoms with Gasteiger partial charge in [0.05, 0.1) is 17.5 Å². The van der Waals surface area contributed by atoms with Crippen molar-refractivity contribution in [1.82, 2.24) is 4.57 Å². The second-order valence-electron chi connectivity index (χ2n) is 6.18. The summed E-state index contributed by atoms with van der Waals surface area (Å²) in [5.74, 6) is -0.636. The largest absolute Gasteiger partial charge is 0.428 e. The number of rotatable bonds is 1. The maximum absolute atomic E-state index is 12.9. The second-order valence-corrected chi connectivity index (χ2v) is 6.18. The van der Waals surface area contributed by atoms with Gasteiger partial charge in [-0.2, -0.15) is 0 Å². The molecule has 0 fully saturated rings. The highest BCUT2D eigenvalue weighted by Gasteiger charge is 2.34. The molecule has 0 aliphatic carbocycles. The zero-order valence-corrected chi connectivity index (χ0v) is 13.7. The Labute approximate surface area is 142 Å². The highest BCUT2D eigenvalue weighted by atomic mass is 16.5. The molecule has 0 spiro atoms. The first-order valence-corrected chi connectivity index (χ1v) is 7.89. The second kappa shape index (κ2) is 5.44. The minimum atomic E-state index is -0.684. The molecule has 25 heavy (non-hydrogen) atoms. The molecule has 3 aromatic rings. The van der Waals surface area contributed by atoms with E-state index in [0.717, 1.165) is 10.9 Å². The number of para-hydroxylation sites is 1. The fourth-order valence-corrected chi connectivity index (χ4v) is 3.39. The van der Waals surface area contributed by atoms with E-state index < -0.39 is 17.5 Å². The van der Waals surface area contributed by atoms with E-state index in [1.165, 1.54) is 10.6 Å². The number of carbonyl (C=O) groups is 1. The lowest BCUT2D eigenvalue weighted by atomic mass is 9.87. The molecule has 2 aromatic heterocycles. The summed E-state index contributed by atoms with van der Waals surface area (Å²) in [7, 11) is 1.67. The van der Waals surface area contributed by atoms with E-state index in [-0.39, 0.29) is 23.3 Å². The molecule has 6 heteroatoms. The summed E-state index contributed by atoms with van der Waals surface area (Å²) < 4.78 is 11.9. The number of esters is 1. The fraction of sp³-hybridized carbons (Fsp3) is 0.211. The summed E-state index contributed by atoms with van der Waals surface area (Å²) >= 11 is 0. The highest BCUT2D eigenvalue weighted by Crippen LogP contribution is 2.36. The van der Waals surface area contributed by atoms with Crippen LogP contribution in [0, 0.1) is 6.92 Å². The van der Waals surface area contributed by atoms with Crippen LogP contribution in [0.1, 0.15) is 29.2 Å². The lowest BCUT2D eigenvalue weighted by Crippen LogP contribution is -2.31. The van der Waals surface area contributed by atoms with Gasteiger partial charge in [-0.05, 0) is 24.4 Å². The molecule has 4 rings (SSSR count). The first-order valence-electron chi connectivity index (χ1n) is 7.89. The molecule has 1 atom stereocenters. The Morgan fingerprint density at radius 2 is 1.88 bits per heavy atom. The first-order chi connectivity index (χ1) is 12.0. The Balaban J connectivity index is 2.02. The number of benzene rings is 1. The van der Waals surface area contributed by atoms with Crippen molar-refractivity contribution in [3.05, 3.63) is 74.1 Å². The van der Waals surface area contributed by atoms with Crippen LogP contribution in [0.25, 0.3) is 10.9 Å². The zero-order chi connectivity index (χ0) is 17.7. The molecule has 6 nitrogen and oxygen atoms in total. The maximum Gasteiger partial charge on any atom is 0.343 e. The first kappa shape index (κ1) is 15.4. The summed E-state index contributed by atoms with van der Waals surface area (Å²) in [5.41, 5.74) is 0.561. The third-order valence-electron chi connectivity index (χ3n) is 4.55. The van der Waals surface area contributed by atoms with Gasteiger partial charge in [0.2, 0.25) is 0 Å². The van der Waals surface area contributed by atoms with Gasteiger partial charge in [0, 0.05) is 24.6 Å². The van der Waals surface area contributed by atoms with Crippen LogP contribution in [0.3, 0.4) is 0 Å². The number of aromatic nitrogens is 1. The molecule has 1 aliphatic heterocycles. The van der Waals surface area contributed by atoms with Gasteiger partial charge in [-0.25, -0.2) is 4.79 Å². The van der Waals surface area contributed by atoms with E-state index in [9.17, 15) is 14.4 Å². The number of aryl methyl sites for hydroxylation is 2. The Bertz CT molecular complexity index is 1140. The number of ether oxygens (including phenoxy) is 1. The molecule has 0 unspecified atom stereocenters. The molecule has 0 radical (unpaired) electrons. The standard InChI is InChI=1S/C19H15NO5/c1-10-7-15-17(19(23)24-10)12(9-16(21)25-15)13-8-11-5-3-4-6-14(11)20(2)18(13)22/h3-8,12H,9H2,1-2H3/t12-/m1/s1. The predicted molar refractivity (Wildman–Crippen MR) is 91.0 cm³/mol. The summed E-state index contributed by atoms with van der Waals surface area (Å²) in [4.78, 5) is 37.3. The monoisotopic (exact) mass is 337 g/mol. The third kappa shape index (κ3) is 2.38. The number of hydrogen-bond acceptors (Lipinski definition) is 5.